The van der Waals surface area contributed by atoms with Crippen molar-refractivity contribution in [2.75, 3.05) is 24.3 Å². The van der Waals surface area contributed by atoms with E-state index in [4.69, 9.17) is 10.5 Å². The molecule has 0 radical (unpaired) electrons. The van der Waals surface area contributed by atoms with E-state index in [1.807, 2.05) is 25.1 Å². The number of fused-ring (bicyclic) bond motifs is 1. The van der Waals surface area contributed by atoms with Gasteiger partial charge in [-0.15, -0.1) is 11.8 Å². The number of benzene rings is 1. The van der Waals surface area contributed by atoms with Crippen LogP contribution in [0.25, 0.3) is 10.2 Å². The summed E-state index contributed by atoms with van der Waals surface area (Å²) >= 11 is 3.08. The molecule has 0 bridgehead atoms. The summed E-state index contributed by atoms with van der Waals surface area (Å²) in [6, 6.07) is 5.54. The molecule has 106 valence electrons. The number of thioether (sulfide) groups is 1. The Morgan fingerprint density at radius 1 is 1.60 bits per heavy atom. The predicted molar refractivity (Wildman–Crippen MR) is 84.3 cm³/mol. The molecular formula is C13H15N3O2S2. The Hall–Kier alpha value is -1.31. The van der Waals surface area contributed by atoms with Crippen LogP contribution in [0.2, 0.25) is 0 Å². The zero-order valence-corrected chi connectivity index (χ0v) is 12.6. The fourth-order valence-electron chi connectivity index (χ4n) is 1.84. The number of anilines is 2. The number of rotatable bonds is 4. The van der Waals surface area contributed by atoms with Gasteiger partial charge in [-0.2, -0.15) is 0 Å². The SMILES string of the molecule is CC(SC1COC1)C(=O)Nc1nc2ccc(N)cc2s1. The molecule has 1 saturated heterocycles. The average molecular weight is 309 g/mol. The van der Waals surface area contributed by atoms with Gasteiger partial charge in [-0.05, 0) is 25.1 Å². The van der Waals surface area contributed by atoms with Crippen LogP contribution in [0.15, 0.2) is 18.2 Å². The highest BCUT2D eigenvalue weighted by atomic mass is 32.2. The number of carbonyl (C=O) groups excluding carboxylic acids is 1. The summed E-state index contributed by atoms with van der Waals surface area (Å²) in [5.74, 6) is -0.0195. The standard InChI is InChI=1S/C13H15N3O2S2/c1-7(19-9-5-18-6-9)12(17)16-13-15-10-3-2-8(14)4-11(10)20-13/h2-4,7,9H,5-6,14H2,1H3,(H,15,16,17). The predicted octanol–water partition coefficient (Wildman–Crippen LogP) is 2.34. The van der Waals surface area contributed by atoms with E-state index in [1.54, 1.807) is 11.8 Å². The van der Waals surface area contributed by atoms with Crippen LogP contribution in [0.1, 0.15) is 6.92 Å². The van der Waals surface area contributed by atoms with E-state index in [9.17, 15) is 4.79 Å². The van der Waals surface area contributed by atoms with E-state index in [-0.39, 0.29) is 11.2 Å². The fraction of sp³-hybridized carbons (Fsp3) is 0.385. The lowest BCUT2D eigenvalue weighted by Crippen LogP contribution is -2.34. The van der Waals surface area contributed by atoms with Gasteiger partial charge in [0.25, 0.3) is 0 Å². The highest BCUT2D eigenvalue weighted by molar-refractivity contribution is 8.01. The van der Waals surface area contributed by atoms with Crippen molar-refractivity contribution in [1.82, 2.24) is 4.98 Å². The molecule has 0 spiro atoms. The van der Waals surface area contributed by atoms with Crippen LogP contribution in [0.3, 0.4) is 0 Å². The molecule has 2 aromatic rings. The largest absolute Gasteiger partial charge is 0.399 e. The molecule has 1 aliphatic heterocycles. The summed E-state index contributed by atoms with van der Waals surface area (Å²) in [7, 11) is 0. The topological polar surface area (TPSA) is 77.2 Å². The molecule has 0 saturated carbocycles. The Morgan fingerprint density at radius 2 is 2.40 bits per heavy atom. The van der Waals surface area contributed by atoms with Gasteiger partial charge in [-0.3, -0.25) is 4.79 Å². The van der Waals surface area contributed by atoms with Gasteiger partial charge in [-0.1, -0.05) is 11.3 Å². The summed E-state index contributed by atoms with van der Waals surface area (Å²) in [6.45, 7) is 3.38. The third-order valence-corrected chi connectivity index (χ3v) is 5.23. The van der Waals surface area contributed by atoms with Crippen LogP contribution in [0, 0.1) is 0 Å². The lowest BCUT2D eigenvalue weighted by molar-refractivity contribution is -0.115. The molecule has 20 heavy (non-hydrogen) atoms. The van der Waals surface area contributed by atoms with Crippen molar-refractivity contribution in [2.45, 2.75) is 17.4 Å². The van der Waals surface area contributed by atoms with Crippen molar-refractivity contribution in [2.24, 2.45) is 0 Å². The Kier molecular flexibility index (Phi) is 3.82. The molecule has 5 nitrogen and oxygen atoms in total. The van der Waals surface area contributed by atoms with Gasteiger partial charge in [-0.25, -0.2) is 4.98 Å². The summed E-state index contributed by atoms with van der Waals surface area (Å²) < 4.78 is 6.09. The number of carbonyl (C=O) groups is 1. The minimum Gasteiger partial charge on any atom is -0.399 e. The van der Waals surface area contributed by atoms with Crippen LogP contribution in [-0.4, -0.2) is 34.6 Å². The summed E-state index contributed by atoms with van der Waals surface area (Å²) in [6.07, 6.45) is 0. The first-order chi connectivity index (χ1) is 9.61. The molecule has 7 heteroatoms. The molecule has 3 N–H and O–H groups in total. The number of hydrogen-bond donors (Lipinski definition) is 2. The highest BCUT2D eigenvalue weighted by Gasteiger charge is 2.25. The second kappa shape index (κ2) is 5.59. The smallest absolute Gasteiger partial charge is 0.239 e. The van der Waals surface area contributed by atoms with E-state index in [0.717, 1.165) is 23.4 Å². The number of amides is 1. The quantitative estimate of drug-likeness (QED) is 0.848. The Labute approximate surface area is 124 Å². The zero-order valence-electron chi connectivity index (χ0n) is 11.0. The molecule has 3 rings (SSSR count). The summed E-state index contributed by atoms with van der Waals surface area (Å²) in [5.41, 5.74) is 7.29. The van der Waals surface area contributed by atoms with Crippen molar-refractivity contribution in [3.05, 3.63) is 18.2 Å². The number of nitrogens with zero attached hydrogens (tertiary/aromatic N) is 1. The second-order valence-electron chi connectivity index (χ2n) is 4.67. The maximum Gasteiger partial charge on any atom is 0.239 e. The summed E-state index contributed by atoms with van der Waals surface area (Å²) in [5, 5.41) is 3.81. The van der Waals surface area contributed by atoms with Crippen LogP contribution < -0.4 is 11.1 Å². The molecule has 1 aromatic heterocycles. The zero-order chi connectivity index (χ0) is 14.1. The lowest BCUT2D eigenvalue weighted by Gasteiger charge is -2.27. The Bertz CT molecular complexity index is 640. The number of nitrogen functional groups attached to an aromatic ring is 1. The van der Waals surface area contributed by atoms with Gasteiger partial charge >= 0.3 is 0 Å². The van der Waals surface area contributed by atoms with Crippen LogP contribution in [-0.2, 0) is 9.53 Å². The molecule has 1 aliphatic rings. The first-order valence-electron chi connectivity index (χ1n) is 6.32. The number of nitrogens with two attached hydrogens (primary N) is 1. The van der Waals surface area contributed by atoms with Gasteiger partial charge in [0.05, 0.1) is 33.9 Å². The lowest BCUT2D eigenvalue weighted by atomic mass is 10.3. The Morgan fingerprint density at radius 3 is 3.10 bits per heavy atom. The molecule has 2 heterocycles. The van der Waals surface area contributed by atoms with Gasteiger partial charge in [0, 0.05) is 5.69 Å². The number of nitrogens with one attached hydrogen (secondary N) is 1. The van der Waals surface area contributed by atoms with Gasteiger partial charge in [0.1, 0.15) is 0 Å². The minimum absolute atomic E-state index is 0.0195. The minimum atomic E-state index is -0.110. The van der Waals surface area contributed by atoms with Crippen LogP contribution in [0.4, 0.5) is 10.8 Å². The maximum atomic E-state index is 12.1. The van der Waals surface area contributed by atoms with E-state index >= 15 is 0 Å². The first kappa shape index (κ1) is 13.7. The van der Waals surface area contributed by atoms with Gasteiger partial charge in [0.15, 0.2) is 5.13 Å². The monoisotopic (exact) mass is 309 g/mol. The molecule has 0 aliphatic carbocycles. The van der Waals surface area contributed by atoms with Gasteiger partial charge < -0.3 is 15.8 Å². The van der Waals surface area contributed by atoms with Crippen molar-refractivity contribution >= 4 is 50.0 Å². The normalized spacial score (nSPS) is 16.9. The molecule has 1 atom stereocenters. The molecule has 1 unspecified atom stereocenters. The van der Waals surface area contributed by atoms with Crippen LogP contribution in [0.5, 0.6) is 0 Å². The van der Waals surface area contributed by atoms with E-state index < -0.39 is 0 Å². The van der Waals surface area contributed by atoms with Crippen molar-refractivity contribution in [3.8, 4) is 0 Å². The molecule has 1 amide bonds. The number of aromatic nitrogens is 1. The number of thiazole rings is 1. The van der Waals surface area contributed by atoms with Crippen molar-refractivity contribution < 1.29 is 9.53 Å². The maximum absolute atomic E-state index is 12.1. The average Bonchev–Trinajstić information content (AvgIpc) is 2.74. The Balaban J connectivity index is 1.66. The highest BCUT2D eigenvalue weighted by Crippen LogP contribution is 2.29. The van der Waals surface area contributed by atoms with Crippen LogP contribution >= 0.6 is 23.1 Å². The van der Waals surface area contributed by atoms with Crippen molar-refractivity contribution in [3.63, 3.8) is 0 Å². The van der Waals surface area contributed by atoms with Gasteiger partial charge in [0.2, 0.25) is 5.91 Å². The number of hydrogen-bond acceptors (Lipinski definition) is 6. The van der Waals surface area contributed by atoms with Crippen molar-refractivity contribution in [1.29, 1.82) is 0 Å². The number of ether oxygens (including phenoxy) is 1. The van der Waals surface area contributed by atoms with E-state index in [0.29, 0.717) is 16.1 Å². The third kappa shape index (κ3) is 2.89. The molecular weight excluding hydrogens is 294 g/mol. The summed E-state index contributed by atoms with van der Waals surface area (Å²) in [4.78, 5) is 16.5. The molecule has 1 aromatic carbocycles. The third-order valence-electron chi connectivity index (χ3n) is 3.02. The molecule has 1 fully saturated rings. The van der Waals surface area contributed by atoms with E-state index in [2.05, 4.69) is 10.3 Å². The van der Waals surface area contributed by atoms with E-state index in [1.165, 1.54) is 11.3 Å². The fourth-order valence-corrected chi connectivity index (χ4v) is 3.87. The second-order valence-corrected chi connectivity index (χ2v) is 7.35. The first-order valence-corrected chi connectivity index (χ1v) is 8.08.